The summed E-state index contributed by atoms with van der Waals surface area (Å²) in [6.07, 6.45) is 0.953. The van der Waals surface area contributed by atoms with E-state index in [1.165, 1.54) is 5.56 Å². The topological polar surface area (TPSA) is 41.6 Å². The van der Waals surface area contributed by atoms with Crippen LogP contribution in [0.25, 0.3) is 0 Å². The predicted molar refractivity (Wildman–Crippen MR) is 79.9 cm³/mol. The Labute approximate surface area is 121 Å². The first-order valence-corrected chi connectivity index (χ1v) is 7.35. The number of nitrogens with one attached hydrogen (secondary N) is 1. The summed E-state index contributed by atoms with van der Waals surface area (Å²) in [6, 6.07) is 10.6. The second-order valence-corrected chi connectivity index (χ2v) is 5.45. The quantitative estimate of drug-likeness (QED) is 0.918. The Morgan fingerprint density at radius 2 is 2.20 bits per heavy atom. The lowest BCUT2D eigenvalue weighted by Crippen LogP contribution is -2.51. The molecule has 0 saturated carbocycles. The fourth-order valence-corrected chi connectivity index (χ4v) is 2.47. The van der Waals surface area contributed by atoms with Gasteiger partial charge in [0.2, 0.25) is 0 Å². The smallest absolute Gasteiger partial charge is 0.317 e. The van der Waals surface area contributed by atoms with E-state index in [1.54, 1.807) is 0 Å². The molecule has 4 nitrogen and oxygen atoms in total. The third-order valence-electron chi connectivity index (χ3n) is 3.85. The Bertz CT molecular complexity index is 422. The van der Waals surface area contributed by atoms with Crippen molar-refractivity contribution in [3.05, 3.63) is 35.9 Å². The zero-order valence-corrected chi connectivity index (χ0v) is 12.3. The number of carbonyl (C=O) groups is 1. The average molecular weight is 276 g/mol. The molecule has 20 heavy (non-hydrogen) atoms. The third-order valence-corrected chi connectivity index (χ3v) is 3.85. The first-order chi connectivity index (χ1) is 9.68. The fraction of sp³-hybridized carbons (Fsp3) is 0.562. The van der Waals surface area contributed by atoms with Crippen LogP contribution in [0, 0.1) is 0 Å². The van der Waals surface area contributed by atoms with Gasteiger partial charge in [0.1, 0.15) is 0 Å². The molecule has 0 unspecified atom stereocenters. The summed E-state index contributed by atoms with van der Waals surface area (Å²) in [4.78, 5) is 13.9. The van der Waals surface area contributed by atoms with Gasteiger partial charge < -0.3 is 15.0 Å². The normalized spacial score (nSPS) is 20.5. The lowest BCUT2D eigenvalue weighted by molar-refractivity contribution is 0.0190. The monoisotopic (exact) mass is 276 g/mol. The van der Waals surface area contributed by atoms with Gasteiger partial charge >= 0.3 is 6.03 Å². The number of nitrogens with zero attached hydrogens (tertiary/aromatic N) is 1. The van der Waals surface area contributed by atoms with E-state index in [-0.39, 0.29) is 12.1 Å². The van der Waals surface area contributed by atoms with Crippen LogP contribution in [0.4, 0.5) is 4.79 Å². The van der Waals surface area contributed by atoms with Crippen LogP contribution in [0.5, 0.6) is 0 Å². The number of rotatable bonds is 4. The summed E-state index contributed by atoms with van der Waals surface area (Å²) in [5.74, 6) is 0.457. The number of hydrogen-bond acceptors (Lipinski definition) is 2. The minimum Gasteiger partial charge on any atom is -0.377 e. The lowest BCUT2D eigenvalue weighted by atomic mass is 9.98. The Morgan fingerprint density at radius 3 is 2.90 bits per heavy atom. The first-order valence-electron chi connectivity index (χ1n) is 7.35. The maximum atomic E-state index is 12.1. The van der Waals surface area contributed by atoms with E-state index in [0.29, 0.717) is 32.2 Å². The van der Waals surface area contributed by atoms with E-state index in [1.807, 2.05) is 17.9 Å². The Balaban J connectivity index is 1.74. The van der Waals surface area contributed by atoms with E-state index < -0.39 is 0 Å². The molecule has 4 heteroatoms. The van der Waals surface area contributed by atoms with Crippen LogP contribution in [0.2, 0.25) is 0 Å². The zero-order chi connectivity index (χ0) is 14.4. The van der Waals surface area contributed by atoms with Crippen molar-refractivity contribution in [3.63, 3.8) is 0 Å². The molecule has 0 aromatic heterocycles. The van der Waals surface area contributed by atoms with Gasteiger partial charge in [-0.1, -0.05) is 37.3 Å². The molecule has 0 spiro atoms. The van der Waals surface area contributed by atoms with E-state index >= 15 is 0 Å². The van der Waals surface area contributed by atoms with Crippen LogP contribution in [0.1, 0.15) is 31.7 Å². The maximum absolute atomic E-state index is 12.1. The van der Waals surface area contributed by atoms with Crippen molar-refractivity contribution in [2.24, 2.45) is 0 Å². The number of amides is 2. The van der Waals surface area contributed by atoms with Crippen molar-refractivity contribution in [3.8, 4) is 0 Å². The summed E-state index contributed by atoms with van der Waals surface area (Å²) in [7, 11) is 0. The second kappa shape index (κ2) is 7.29. The van der Waals surface area contributed by atoms with E-state index in [4.69, 9.17) is 4.74 Å². The van der Waals surface area contributed by atoms with Crippen molar-refractivity contribution >= 4 is 6.03 Å². The minimum absolute atomic E-state index is 0.0288. The van der Waals surface area contributed by atoms with Crippen LogP contribution >= 0.6 is 0 Å². The average Bonchev–Trinajstić information content (AvgIpc) is 2.48. The van der Waals surface area contributed by atoms with Gasteiger partial charge in [-0.3, -0.25) is 0 Å². The maximum Gasteiger partial charge on any atom is 0.317 e. The number of morpholine rings is 1. The molecule has 1 saturated heterocycles. The standard InChI is InChI=1S/C16H24N2O2/c1-13(15-6-4-3-5-7-15)8-9-17-16(19)18-10-11-20-12-14(18)2/h3-7,13-14H,8-12H2,1-2H3,(H,17,19)/t13-,14+/m0/s1. The van der Waals surface area contributed by atoms with Crippen molar-refractivity contribution in [1.29, 1.82) is 0 Å². The molecule has 1 aliphatic heterocycles. The van der Waals surface area contributed by atoms with Gasteiger partial charge in [0.05, 0.1) is 19.3 Å². The summed E-state index contributed by atoms with van der Waals surface area (Å²) in [5, 5.41) is 3.01. The van der Waals surface area contributed by atoms with Crippen molar-refractivity contribution in [2.75, 3.05) is 26.3 Å². The lowest BCUT2D eigenvalue weighted by Gasteiger charge is -2.33. The molecule has 1 heterocycles. The van der Waals surface area contributed by atoms with E-state index in [2.05, 4.69) is 36.5 Å². The zero-order valence-electron chi connectivity index (χ0n) is 12.3. The number of carbonyl (C=O) groups excluding carboxylic acids is 1. The van der Waals surface area contributed by atoms with Gasteiger partial charge in [-0.05, 0) is 24.8 Å². The summed E-state index contributed by atoms with van der Waals surface area (Å²) >= 11 is 0. The van der Waals surface area contributed by atoms with Gasteiger partial charge in [0.25, 0.3) is 0 Å². The summed E-state index contributed by atoms with van der Waals surface area (Å²) in [5.41, 5.74) is 1.32. The SMILES string of the molecule is C[C@@H]1COCCN1C(=O)NCC[C@H](C)c1ccccc1. The molecule has 2 amide bonds. The molecule has 0 aliphatic carbocycles. The Hall–Kier alpha value is -1.55. The first kappa shape index (κ1) is 14.9. The van der Waals surface area contributed by atoms with Crippen LogP contribution in [-0.4, -0.2) is 43.3 Å². The van der Waals surface area contributed by atoms with Gasteiger partial charge in [-0.15, -0.1) is 0 Å². The molecule has 0 bridgehead atoms. The number of hydrogen-bond donors (Lipinski definition) is 1. The molecule has 2 rings (SSSR count). The molecule has 1 aliphatic rings. The molecule has 0 radical (unpaired) electrons. The van der Waals surface area contributed by atoms with Gasteiger partial charge in [-0.2, -0.15) is 0 Å². The Kier molecular flexibility index (Phi) is 5.41. The minimum atomic E-state index is 0.0288. The Morgan fingerprint density at radius 1 is 1.45 bits per heavy atom. The molecule has 2 atom stereocenters. The van der Waals surface area contributed by atoms with Crippen LogP contribution < -0.4 is 5.32 Å². The highest BCUT2D eigenvalue weighted by Gasteiger charge is 2.23. The van der Waals surface area contributed by atoms with Gasteiger partial charge in [-0.25, -0.2) is 4.79 Å². The van der Waals surface area contributed by atoms with Gasteiger partial charge in [0.15, 0.2) is 0 Å². The molecule has 1 fully saturated rings. The number of ether oxygens (including phenoxy) is 1. The second-order valence-electron chi connectivity index (χ2n) is 5.45. The highest BCUT2D eigenvalue weighted by molar-refractivity contribution is 5.74. The molecule has 1 aromatic rings. The summed E-state index contributed by atoms with van der Waals surface area (Å²) < 4.78 is 5.34. The summed E-state index contributed by atoms with van der Waals surface area (Å²) in [6.45, 7) is 6.87. The fourth-order valence-electron chi connectivity index (χ4n) is 2.47. The van der Waals surface area contributed by atoms with Crippen LogP contribution in [0.15, 0.2) is 30.3 Å². The van der Waals surface area contributed by atoms with Crippen LogP contribution in [-0.2, 0) is 4.74 Å². The molecular formula is C16H24N2O2. The van der Waals surface area contributed by atoms with E-state index in [9.17, 15) is 4.79 Å². The molecule has 1 N–H and O–H groups in total. The number of benzene rings is 1. The predicted octanol–water partition coefficient (Wildman–Crippen LogP) is 2.61. The molecule has 1 aromatic carbocycles. The molecular weight excluding hydrogens is 252 g/mol. The largest absolute Gasteiger partial charge is 0.377 e. The van der Waals surface area contributed by atoms with Gasteiger partial charge in [0, 0.05) is 13.1 Å². The molecule has 110 valence electrons. The van der Waals surface area contributed by atoms with Crippen molar-refractivity contribution < 1.29 is 9.53 Å². The van der Waals surface area contributed by atoms with Crippen molar-refractivity contribution in [1.82, 2.24) is 10.2 Å². The highest BCUT2D eigenvalue weighted by Crippen LogP contribution is 2.17. The van der Waals surface area contributed by atoms with E-state index in [0.717, 1.165) is 6.42 Å². The third kappa shape index (κ3) is 3.97. The highest BCUT2D eigenvalue weighted by atomic mass is 16.5. The number of urea groups is 1. The van der Waals surface area contributed by atoms with Crippen LogP contribution in [0.3, 0.4) is 0 Å². The van der Waals surface area contributed by atoms with Crippen molar-refractivity contribution in [2.45, 2.75) is 32.2 Å².